The van der Waals surface area contributed by atoms with Crippen molar-refractivity contribution in [3.05, 3.63) is 59.2 Å². The monoisotopic (exact) mass is 268 g/mol. The van der Waals surface area contributed by atoms with Crippen LogP contribution in [0.25, 0.3) is 0 Å². The molecule has 0 atom stereocenters. The lowest BCUT2D eigenvalue weighted by Gasteiger charge is -2.18. The first-order valence-corrected chi connectivity index (χ1v) is 6.55. The van der Waals surface area contributed by atoms with E-state index in [0.717, 1.165) is 18.8 Å². The number of anilines is 1. The molecule has 2 aromatic rings. The second kappa shape index (κ2) is 4.98. The van der Waals surface area contributed by atoms with Gasteiger partial charge in [-0.2, -0.15) is 0 Å². The lowest BCUT2D eigenvalue weighted by molar-refractivity contribution is 0.0993. The average Bonchev–Trinajstić information content (AvgIpc) is 2.94. The highest BCUT2D eigenvalue weighted by molar-refractivity contribution is 6.05. The molecule has 0 aromatic heterocycles. The van der Waals surface area contributed by atoms with Gasteiger partial charge in [0, 0.05) is 31.4 Å². The van der Waals surface area contributed by atoms with Crippen molar-refractivity contribution in [1.82, 2.24) is 5.32 Å². The Kier molecular flexibility index (Phi) is 3.16. The number of phenolic OH excluding ortho intramolecular Hbond substituents is 1. The summed E-state index contributed by atoms with van der Waals surface area (Å²) in [6.07, 6.45) is 0. The third kappa shape index (κ3) is 2.26. The zero-order chi connectivity index (χ0) is 14.1. The quantitative estimate of drug-likeness (QED) is 0.878. The van der Waals surface area contributed by atoms with E-state index < -0.39 is 0 Å². The number of phenols is 1. The summed E-state index contributed by atoms with van der Waals surface area (Å²) >= 11 is 0. The minimum Gasteiger partial charge on any atom is -0.508 e. The summed E-state index contributed by atoms with van der Waals surface area (Å²) in [5.41, 5.74) is 3.89. The molecule has 2 N–H and O–H groups in total. The fraction of sp³-hybridized carbons (Fsp3) is 0.188. The van der Waals surface area contributed by atoms with Crippen molar-refractivity contribution < 1.29 is 9.90 Å². The third-order valence-corrected chi connectivity index (χ3v) is 3.63. The van der Waals surface area contributed by atoms with E-state index in [1.807, 2.05) is 18.2 Å². The number of rotatable bonds is 2. The Bertz CT molecular complexity index is 650. The molecule has 1 aliphatic rings. The maximum atomic E-state index is 12.5. The molecule has 4 heteroatoms. The van der Waals surface area contributed by atoms with E-state index >= 15 is 0 Å². The standard InChI is InChI=1S/C16H16N2O2/c1-18(14-4-6-15(19)7-5-14)16(20)11-2-3-12-9-17-10-13(12)8-11/h2-8,17,19H,9-10H2,1H3. The van der Waals surface area contributed by atoms with Crippen LogP contribution in [0.1, 0.15) is 21.5 Å². The Morgan fingerprint density at radius 1 is 1.10 bits per heavy atom. The van der Waals surface area contributed by atoms with Gasteiger partial charge in [0.05, 0.1) is 0 Å². The fourth-order valence-electron chi connectivity index (χ4n) is 2.41. The van der Waals surface area contributed by atoms with Gasteiger partial charge in [-0.25, -0.2) is 0 Å². The summed E-state index contributed by atoms with van der Waals surface area (Å²) in [6.45, 7) is 1.69. The molecular weight excluding hydrogens is 252 g/mol. The van der Waals surface area contributed by atoms with Crippen LogP contribution in [0.5, 0.6) is 5.75 Å². The number of amides is 1. The normalized spacial score (nSPS) is 13.1. The average molecular weight is 268 g/mol. The molecule has 0 unspecified atom stereocenters. The first-order chi connectivity index (χ1) is 9.65. The minimum absolute atomic E-state index is 0.0506. The molecule has 20 heavy (non-hydrogen) atoms. The number of fused-ring (bicyclic) bond motifs is 1. The highest BCUT2D eigenvalue weighted by Gasteiger charge is 2.17. The molecular formula is C16H16N2O2. The summed E-state index contributed by atoms with van der Waals surface area (Å²) in [6, 6.07) is 12.4. The van der Waals surface area contributed by atoms with Crippen LogP contribution in [-0.2, 0) is 13.1 Å². The van der Waals surface area contributed by atoms with Crippen LogP contribution in [0.3, 0.4) is 0 Å². The smallest absolute Gasteiger partial charge is 0.258 e. The number of hydrogen-bond donors (Lipinski definition) is 2. The summed E-state index contributed by atoms with van der Waals surface area (Å²) in [5, 5.41) is 12.6. The molecule has 102 valence electrons. The van der Waals surface area contributed by atoms with E-state index in [2.05, 4.69) is 5.32 Å². The van der Waals surface area contributed by atoms with Crippen LogP contribution in [0.2, 0.25) is 0 Å². The number of hydrogen-bond acceptors (Lipinski definition) is 3. The first kappa shape index (κ1) is 12.7. The van der Waals surface area contributed by atoms with Crippen LogP contribution in [-0.4, -0.2) is 18.1 Å². The Labute approximate surface area is 117 Å². The van der Waals surface area contributed by atoms with Crippen molar-refractivity contribution in [1.29, 1.82) is 0 Å². The SMILES string of the molecule is CN(C(=O)c1ccc2c(c1)CNC2)c1ccc(O)cc1. The van der Waals surface area contributed by atoms with Gasteiger partial charge in [0.15, 0.2) is 0 Å². The number of nitrogens with one attached hydrogen (secondary N) is 1. The van der Waals surface area contributed by atoms with Crippen molar-refractivity contribution >= 4 is 11.6 Å². The van der Waals surface area contributed by atoms with Crippen molar-refractivity contribution in [3.8, 4) is 5.75 Å². The molecule has 0 saturated carbocycles. The Morgan fingerprint density at radius 3 is 2.55 bits per heavy atom. The van der Waals surface area contributed by atoms with Crippen LogP contribution < -0.4 is 10.2 Å². The zero-order valence-corrected chi connectivity index (χ0v) is 11.3. The molecule has 0 radical (unpaired) electrons. The Hall–Kier alpha value is -2.33. The van der Waals surface area contributed by atoms with Gasteiger partial charge in [-0.3, -0.25) is 4.79 Å². The number of carbonyl (C=O) groups is 1. The molecule has 3 rings (SSSR count). The lowest BCUT2D eigenvalue weighted by Crippen LogP contribution is -2.26. The van der Waals surface area contributed by atoms with E-state index in [1.54, 1.807) is 36.2 Å². The Balaban J connectivity index is 1.86. The predicted molar refractivity (Wildman–Crippen MR) is 77.8 cm³/mol. The highest BCUT2D eigenvalue weighted by Crippen LogP contribution is 2.21. The summed E-state index contributed by atoms with van der Waals surface area (Å²) in [5.74, 6) is 0.142. The Morgan fingerprint density at radius 2 is 1.80 bits per heavy atom. The number of nitrogens with zero attached hydrogens (tertiary/aromatic N) is 1. The number of aromatic hydroxyl groups is 1. The lowest BCUT2D eigenvalue weighted by atomic mass is 10.1. The van der Waals surface area contributed by atoms with Crippen molar-refractivity contribution in [2.45, 2.75) is 13.1 Å². The van der Waals surface area contributed by atoms with Crippen LogP contribution in [0, 0.1) is 0 Å². The van der Waals surface area contributed by atoms with Gasteiger partial charge in [-0.15, -0.1) is 0 Å². The van der Waals surface area contributed by atoms with E-state index in [9.17, 15) is 9.90 Å². The molecule has 0 spiro atoms. The van der Waals surface area contributed by atoms with Crippen molar-refractivity contribution in [3.63, 3.8) is 0 Å². The van der Waals surface area contributed by atoms with Crippen LogP contribution in [0.15, 0.2) is 42.5 Å². The summed E-state index contributed by atoms with van der Waals surface area (Å²) < 4.78 is 0. The maximum absolute atomic E-state index is 12.5. The molecule has 4 nitrogen and oxygen atoms in total. The van der Waals surface area contributed by atoms with Gasteiger partial charge in [0.25, 0.3) is 5.91 Å². The molecule has 1 heterocycles. The molecule has 1 aliphatic heterocycles. The number of benzene rings is 2. The third-order valence-electron chi connectivity index (χ3n) is 3.63. The topological polar surface area (TPSA) is 52.6 Å². The van der Waals surface area contributed by atoms with Gasteiger partial charge in [-0.05, 0) is 47.5 Å². The molecule has 2 aromatic carbocycles. The van der Waals surface area contributed by atoms with E-state index in [-0.39, 0.29) is 11.7 Å². The van der Waals surface area contributed by atoms with Gasteiger partial charge >= 0.3 is 0 Å². The van der Waals surface area contributed by atoms with Crippen molar-refractivity contribution in [2.75, 3.05) is 11.9 Å². The molecule has 1 amide bonds. The molecule has 0 fully saturated rings. The second-order valence-electron chi connectivity index (χ2n) is 4.97. The predicted octanol–water partition coefficient (Wildman–Crippen LogP) is 2.27. The van der Waals surface area contributed by atoms with E-state index in [0.29, 0.717) is 5.56 Å². The fourth-order valence-corrected chi connectivity index (χ4v) is 2.41. The molecule has 0 bridgehead atoms. The highest BCUT2D eigenvalue weighted by atomic mass is 16.3. The summed E-state index contributed by atoms with van der Waals surface area (Å²) in [4.78, 5) is 14.1. The molecule has 0 aliphatic carbocycles. The van der Waals surface area contributed by atoms with Gasteiger partial charge in [0.1, 0.15) is 5.75 Å². The van der Waals surface area contributed by atoms with E-state index in [4.69, 9.17) is 0 Å². The summed E-state index contributed by atoms with van der Waals surface area (Å²) in [7, 11) is 1.74. The largest absolute Gasteiger partial charge is 0.508 e. The van der Waals surface area contributed by atoms with Crippen LogP contribution in [0.4, 0.5) is 5.69 Å². The minimum atomic E-state index is -0.0506. The van der Waals surface area contributed by atoms with Gasteiger partial charge in [-0.1, -0.05) is 6.07 Å². The maximum Gasteiger partial charge on any atom is 0.258 e. The molecule has 0 saturated heterocycles. The van der Waals surface area contributed by atoms with Gasteiger partial charge < -0.3 is 15.3 Å². The number of carbonyl (C=O) groups excluding carboxylic acids is 1. The second-order valence-corrected chi connectivity index (χ2v) is 4.97. The zero-order valence-electron chi connectivity index (χ0n) is 11.3. The van der Waals surface area contributed by atoms with Crippen LogP contribution >= 0.6 is 0 Å². The first-order valence-electron chi connectivity index (χ1n) is 6.55. The van der Waals surface area contributed by atoms with Gasteiger partial charge in [0.2, 0.25) is 0 Å². The van der Waals surface area contributed by atoms with E-state index in [1.165, 1.54) is 11.1 Å². The van der Waals surface area contributed by atoms with Crippen molar-refractivity contribution in [2.24, 2.45) is 0 Å².